The van der Waals surface area contributed by atoms with Crippen LogP contribution in [0.4, 0.5) is 10.2 Å². The minimum atomic E-state index is -0.707. The smallest absolute Gasteiger partial charge is 0.344 e. The van der Waals surface area contributed by atoms with E-state index in [1.807, 2.05) is 18.2 Å². The third-order valence-electron chi connectivity index (χ3n) is 4.17. The van der Waals surface area contributed by atoms with Crippen LogP contribution in [-0.2, 0) is 4.74 Å². The number of hydrogen-bond acceptors (Lipinski definition) is 5. The summed E-state index contributed by atoms with van der Waals surface area (Å²) < 4.78 is 20.9. The summed E-state index contributed by atoms with van der Waals surface area (Å²) in [5, 5.41) is 0. The van der Waals surface area contributed by atoms with Crippen LogP contribution in [-0.4, -0.2) is 26.1 Å². The highest BCUT2D eigenvalue weighted by Crippen LogP contribution is 2.32. The minimum absolute atomic E-state index is 0.102. The number of rotatable bonds is 2. The highest BCUT2D eigenvalue weighted by Gasteiger charge is 2.28. The first-order chi connectivity index (χ1) is 13.2. The van der Waals surface area contributed by atoms with Crippen molar-refractivity contribution >= 4 is 34.0 Å². The molecule has 142 valence electrons. The van der Waals surface area contributed by atoms with E-state index in [0.717, 1.165) is 0 Å². The molecule has 0 amide bonds. The van der Waals surface area contributed by atoms with Crippen LogP contribution in [0.5, 0.6) is 0 Å². The zero-order valence-electron chi connectivity index (χ0n) is 15.7. The second kappa shape index (κ2) is 6.30. The van der Waals surface area contributed by atoms with E-state index in [0.29, 0.717) is 27.9 Å². The highest BCUT2D eigenvalue weighted by atomic mass is 19.1. The van der Waals surface area contributed by atoms with E-state index in [1.54, 1.807) is 39.0 Å². The Hall–Kier alpha value is -3.48. The molecule has 2 N–H and O–H groups in total. The highest BCUT2D eigenvalue weighted by molar-refractivity contribution is 6.09. The van der Waals surface area contributed by atoms with Gasteiger partial charge in [-0.3, -0.25) is 4.57 Å². The number of esters is 1. The van der Waals surface area contributed by atoms with Crippen molar-refractivity contribution < 1.29 is 13.9 Å². The Morgan fingerprint density at radius 2 is 1.75 bits per heavy atom. The van der Waals surface area contributed by atoms with Gasteiger partial charge in [0.15, 0.2) is 5.65 Å². The number of ether oxygens (including phenoxy) is 1. The third-order valence-corrected chi connectivity index (χ3v) is 4.17. The zero-order valence-corrected chi connectivity index (χ0v) is 15.7. The molecule has 0 aliphatic carbocycles. The Bertz CT molecular complexity index is 1220. The number of nitrogens with zero attached hydrogens (tertiary/aromatic N) is 3. The predicted molar refractivity (Wildman–Crippen MR) is 106 cm³/mol. The fourth-order valence-corrected chi connectivity index (χ4v) is 3.07. The summed E-state index contributed by atoms with van der Waals surface area (Å²) in [4.78, 5) is 22.1. The van der Waals surface area contributed by atoms with Crippen LogP contribution >= 0.6 is 0 Å². The summed E-state index contributed by atoms with van der Waals surface area (Å²) in [7, 11) is 0. The van der Waals surface area contributed by atoms with E-state index in [1.165, 1.54) is 16.7 Å². The van der Waals surface area contributed by atoms with Gasteiger partial charge in [0.25, 0.3) is 0 Å². The lowest BCUT2D eigenvalue weighted by molar-refractivity contribution is 0.00728. The van der Waals surface area contributed by atoms with Crippen molar-refractivity contribution in [2.24, 2.45) is 0 Å². The Morgan fingerprint density at radius 3 is 2.39 bits per heavy atom. The normalized spacial score (nSPS) is 11.9. The van der Waals surface area contributed by atoms with Gasteiger partial charge < -0.3 is 10.5 Å². The summed E-state index contributed by atoms with van der Waals surface area (Å²) in [5.41, 5.74) is 8.14. The van der Waals surface area contributed by atoms with Crippen LogP contribution in [0, 0.1) is 5.82 Å². The molecule has 0 fully saturated rings. The second-order valence-corrected chi connectivity index (χ2v) is 7.46. The SMILES string of the molecule is CC(C)(C)OC(=O)c1c(N)n(-c2cccc(F)c2)c2nc3ccccc3nc12. The lowest BCUT2D eigenvalue weighted by atomic mass is 10.2. The number of para-hydroxylation sites is 2. The van der Waals surface area contributed by atoms with Crippen LogP contribution in [0.25, 0.3) is 27.9 Å². The molecule has 2 aromatic heterocycles. The molecule has 0 saturated heterocycles. The Morgan fingerprint density at radius 1 is 1.07 bits per heavy atom. The molecule has 0 aliphatic rings. The molecule has 0 atom stereocenters. The van der Waals surface area contributed by atoms with E-state index >= 15 is 0 Å². The number of benzene rings is 2. The molecule has 0 saturated carbocycles. The molecule has 7 heteroatoms. The minimum Gasteiger partial charge on any atom is -0.456 e. The first-order valence-corrected chi connectivity index (χ1v) is 8.80. The summed E-state index contributed by atoms with van der Waals surface area (Å²) in [6.07, 6.45) is 0. The molecule has 0 unspecified atom stereocenters. The molecule has 2 aromatic carbocycles. The summed E-state index contributed by atoms with van der Waals surface area (Å²) in [6, 6.07) is 13.2. The fraction of sp³-hybridized carbons (Fsp3) is 0.190. The number of nitrogen functional groups attached to an aromatic ring is 1. The molecule has 0 radical (unpaired) electrons. The molecule has 0 aliphatic heterocycles. The average Bonchev–Trinajstić information content (AvgIpc) is 2.89. The number of carbonyl (C=O) groups excluding carboxylic acids is 1. The number of anilines is 1. The lowest BCUT2D eigenvalue weighted by Gasteiger charge is -2.19. The molecule has 2 heterocycles. The molecule has 4 aromatic rings. The van der Waals surface area contributed by atoms with Gasteiger partial charge in [0.2, 0.25) is 0 Å². The topological polar surface area (TPSA) is 83.0 Å². The third kappa shape index (κ3) is 3.05. The number of aromatic nitrogens is 3. The van der Waals surface area contributed by atoms with E-state index in [-0.39, 0.29) is 11.4 Å². The average molecular weight is 378 g/mol. The van der Waals surface area contributed by atoms with Crippen molar-refractivity contribution in [3.63, 3.8) is 0 Å². The van der Waals surface area contributed by atoms with Crippen molar-refractivity contribution in [3.05, 3.63) is 59.9 Å². The molecular formula is C21H19FN4O2. The maximum absolute atomic E-state index is 13.8. The molecule has 0 spiro atoms. The predicted octanol–water partition coefficient (Wildman–Crippen LogP) is 4.25. The van der Waals surface area contributed by atoms with Crippen LogP contribution < -0.4 is 5.73 Å². The standard InChI is InChI=1S/C21H19FN4O2/c1-21(2,3)28-20(27)16-17-19(25-15-10-5-4-9-14(15)24-17)26(18(16)23)13-8-6-7-12(22)11-13/h4-11H,23H2,1-3H3. The molecule has 0 bridgehead atoms. The van der Waals surface area contributed by atoms with Gasteiger partial charge in [0, 0.05) is 0 Å². The lowest BCUT2D eigenvalue weighted by Crippen LogP contribution is -2.24. The van der Waals surface area contributed by atoms with E-state index < -0.39 is 17.4 Å². The van der Waals surface area contributed by atoms with Gasteiger partial charge in [0.05, 0.1) is 16.7 Å². The van der Waals surface area contributed by atoms with E-state index in [2.05, 4.69) is 9.97 Å². The number of carbonyl (C=O) groups is 1. The van der Waals surface area contributed by atoms with Crippen molar-refractivity contribution in [1.29, 1.82) is 0 Å². The molecule has 6 nitrogen and oxygen atoms in total. The maximum Gasteiger partial charge on any atom is 0.344 e. The van der Waals surface area contributed by atoms with Crippen LogP contribution in [0.15, 0.2) is 48.5 Å². The summed E-state index contributed by atoms with van der Waals surface area (Å²) in [5.74, 6) is -0.925. The number of halogens is 1. The molecular weight excluding hydrogens is 359 g/mol. The largest absolute Gasteiger partial charge is 0.456 e. The Kier molecular flexibility index (Phi) is 4.03. The van der Waals surface area contributed by atoms with Crippen molar-refractivity contribution in [1.82, 2.24) is 14.5 Å². The van der Waals surface area contributed by atoms with Crippen LogP contribution in [0.2, 0.25) is 0 Å². The van der Waals surface area contributed by atoms with Crippen molar-refractivity contribution in [2.75, 3.05) is 5.73 Å². The van der Waals surface area contributed by atoms with Gasteiger partial charge in [-0.05, 0) is 51.1 Å². The first kappa shape index (κ1) is 17.9. The molecule has 4 rings (SSSR count). The van der Waals surface area contributed by atoms with Gasteiger partial charge >= 0.3 is 5.97 Å². The number of hydrogen-bond donors (Lipinski definition) is 1. The van der Waals surface area contributed by atoms with Crippen LogP contribution in [0.1, 0.15) is 31.1 Å². The summed E-state index contributed by atoms with van der Waals surface area (Å²) >= 11 is 0. The zero-order chi connectivity index (χ0) is 20.1. The van der Waals surface area contributed by atoms with E-state index in [4.69, 9.17) is 10.5 Å². The summed E-state index contributed by atoms with van der Waals surface area (Å²) in [6.45, 7) is 5.32. The van der Waals surface area contributed by atoms with E-state index in [9.17, 15) is 9.18 Å². The van der Waals surface area contributed by atoms with Gasteiger partial charge in [-0.25, -0.2) is 19.2 Å². The maximum atomic E-state index is 13.8. The first-order valence-electron chi connectivity index (χ1n) is 8.80. The monoisotopic (exact) mass is 378 g/mol. The fourth-order valence-electron chi connectivity index (χ4n) is 3.07. The van der Waals surface area contributed by atoms with Crippen molar-refractivity contribution in [2.45, 2.75) is 26.4 Å². The second-order valence-electron chi connectivity index (χ2n) is 7.46. The van der Waals surface area contributed by atoms with Gasteiger partial charge in [-0.1, -0.05) is 18.2 Å². The quantitative estimate of drug-likeness (QED) is 0.527. The van der Waals surface area contributed by atoms with Crippen LogP contribution in [0.3, 0.4) is 0 Å². The number of fused-ring (bicyclic) bond motifs is 2. The number of nitrogens with two attached hydrogens (primary N) is 1. The van der Waals surface area contributed by atoms with Crippen molar-refractivity contribution in [3.8, 4) is 5.69 Å². The molecule has 28 heavy (non-hydrogen) atoms. The Balaban J connectivity index is 2.07. The van der Waals surface area contributed by atoms with Gasteiger partial charge in [-0.15, -0.1) is 0 Å². The van der Waals surface area contributed by atoms with Gasteiger partial charge in [-0.2, -0.15) is 0 Å². The Labute approximate surface area is 160 Å². The van der Waals surface area contributed by atoms with Gasteiger partial charge in [0.1, 0.15) is 28.3 Å².